The molecule has 4 heteroatoms. The molecule has 100 valence electrons. The standard InChI is InChI=1S/C14H21BrN2O/c1-16-8-10-17(11-9-16)7-6-14(18)12-2-4-13(15)5-3-12/h2-5,14,18H,6-11H2,1H3. The Hall–Kier alpha value is -0.420. The molecule has 0 saturated carbocycles. The van der Waals surface area contributed by atoms with Crippen LogP contribution in [0.2, 0.25) is 0 Å². The highest BCUT2D eigenvalue weighted by atomic mass is 79.9. The molecule has 1 saturated heterocycles. The van der Waals surface area contributed by atoms with Gasteiger partial charge in [-0.1, -0.05) is 28.1 Å². The highest BCUT2D eigenvalue weighted by Gasteiger charge is 2.15. The molecule has 3 nitrogen and oxygen atoms in total. The molecule has 1 heterocycles. The van der Waals surface area contributed by atoms with Gasteiger partial charge >= 0.3 is 0 Å². The molecule has 2 rings (SSSR count). The highest BCUT2D eigenvalue weighted by molar-refractivity contribution is 9.10. The third-order valence-corrected chi connectivity index (χ3v) is 4.10. The molecule has 1 aromatic rings. The van der Waals surface area contributed by atoms with Crippen LogP contribution in [0.15, 0.2) is 28.7 Å². The molecule has 0 spiro atoms. The van der Waals surface area contributed by atoms with Gasteiger partial charge in [-0.3, -0.25) is 0 Å². The van der Waals surface area contributed by atoms with Crippen LogP contribution in [0.25, 0.3) is 0 Å². The predicted molar refractivity (Wildman–Crippen MR) is 77.7 cm³/mol. The average molecular weight is 313 g/mol. The van der Waals surface area contributed by atoms with E-state index in [1.54, 1.807) is 0 Å². The fraction of sp³-hybridized carbons (Fsp3) is 0.571. The summed E-state index contributed by atoms with van der Waals surface area (Å²) in [5.41, 5.74) is 1.01. The van der Waals surface area contributed by atoms with Crippen molar-refractivity contribution in [1.29, 1.82) is 0 Å². The van der Waals surface area contributed by atoms with Crippen LogP contribution in [0.5, 0.6) is 0 Å². The second-order valence-corrected chi connectivity index (χ2v) is 5.92. The van der Waals surface area contributed by atoms with E-state index in [1.807, 2.05) is 24.3 Å². The van der Waals surface area contributed by atoms with Gasteiger partial charge in [0.2, 0.25) is 0 Å². The maximum atomic E-state index is 10.1. The van der Waals surface area contributed by atoms with Crippen LogP contribution >= 0.6 is 15.9 Å². The number of piperazine rings is 1. The van der Waals surface area contributed by atoms with Crippen molar-refractivity contribution in [3.63, 3.8) is 0 Å². The predicted octanol–water partition coefficient (Wildman–Crippen LogP) is 2.12. The van der Waals surface area contributed by atoms with Gasteiger partial charge in [-0.2, -0.15) is 0 Å². The lowest BCUT2D eigenvalue weighted by atomic mass is 10.1. The number of halogens is 1. The Morgan fingerprint density at radius 1 is 1.17 bits per heavy atom. The van der Waals surface area contributed by atoms with Crippen LogP contribution in [0.4, 0.5) is 0 Å². The van der Waals surface area contributed by atoms with Gasteiger partial charge in [-0.25, -0.2) is 0 Å². The van der Waals surface area contributed by atoms with E-state index in [0.29, 0.717) is 0 Å². The number of hydrogen-bond acceptors (Lipinski definition) is 3. The van der Waals surface area contributed by atoms with Crippen LogP contribution in [0.1, 0.15) is 18.1 Å². The first-order valence-corrected chi connectivity index (χ1v) is 7.29. The molecular formula is C14H21BrN2O. The summed E-state index contributed by atoms with van der Waals surface area (Å²) in [6.07, 6.45) is 0.462. The van der Waals surface area contributed by atoms with Crippen molar-refractivity contribution >= 4 is 15.9 Å². The minimum atomic E-state index is -0.349. The van der Waals surface area contributed by atoms with Gasteiger partial charge in [0.15, 0.2) is 0 Å². The number of rotatable bonds is 4. The van der Waals surface area contributed by atoms with Gasteiger partial charge in [0, 0.05) is 37.2 Å². The Morgan fingerprint density at radius 3 is 2.39 bits per heavy atom. The number of aliphatic hydroxyl groups is 1. The van der Waals surface area contributed by atoms with Gasteiger partial charge in [0.25, 0.3) is 0 Å². The lowest BCUT2D eigenvalue weighted by Gasteiger charge is -2.32. The first kappa shape index (κ1) is 14.0. The smallest absolute Gasteiger partial charge is 0.0802 e. The molecule has 1 aliphatic heterocycles. The van der Waals surface area contributed by atoms with Crippen molar-refractivity contribution in [2.45, 2.75) is 12.5 Å². The molecule has 0 radical (unpaired) electrons. The molecule has 0 aliphatic carbocycles. The van der Waals surface area contributed by atoms with E-state index in [2.05, 4.69) is 32.8 Å². The largest absolute Gasteiger partial charge is 0.388 e. The summed E-state index contributed by atoms with van der Waals surface area (Å²) in [7, 11) is 2.16. The van der Waals surface area contributed by atoms with Gasteiger partial charge in [0.05, 0.1) is 6.10 Å². The summed E-state index contributed by atoms with van der Waals surface area (Å²) in [6, 6.07) is 7.93. The summed E-state index contributed by atoms with van der Waals surface area (Å²) in [5.74, 6) is 0. The summed E-state index contributed by atoms with van der Waals surface area (Å²) in [4.78, 5) is 4.78. The Balaban J connectivity index is 1.77. The second-order valence-electron chi connectivity index (χ2n) is 5.00. The fourth-order valence-electron chi connectivity index (χ4n) is 2.23. The van der Waals surface area contributed by atoms with Crippen molar-refractivity contribution in [1.82, 2.24) is 9.80 Å². The zero-order chi connectivity index (χ0) is 13.0. The third-order valence-electron chi connectivity index (χ3n) is 3.57. The zero-order valence-electron chi connectivity index (χ0n) is 10.8. The van der Waals surface area contributed by atoms with Crippen LogP contribution in [-0.4, -0.2) is 54.7 Å². The van der Waals surface area contributed by atoms with E-state index in [9.17, 15) is 5.11 Å². The lowest BCUT2D eigenvalue weighted by molar-refractivity contribution is 0.113. The summed E-state index contributed by atoms with van der Waals surface area (Å²) in [6.45, 7) is 5.47. The molecule has 18 heavy (non-hydrogen) atoms. The number of nitrogens with zero attached hydrogens (tertiary/aromatic N) is 2. The first-order valence-electron chi connectivity index (χ1n) is 6.49. The van der Waals surface area contributed by atoms with Crippen LogP contribution in [0, 0.1) is 0 Å². The van der Waals surface area contributed by atoms with Crippen molar-refractivity contribution in [2.75, 3.05) is 39.8 Å². The van der Waals surface area contributed by atoms with Crippen molar-refractivity contribution in [3.8, 4) is 0 Å². The number of hydrogen-bond donors (Lipinski definition) is 1. The van der Waals surface area contributed by atoms with Crippen LogP contribution in [-0.2, 0) is 0 Å². The van der Waals surface area contributed by atoms with E-state index in [0.717, 1.165) is 49.2 Å². The van der Waals surface area contributed by atoms with Gasteiger partial charge in [0.1, 0.15) is 0 Å². The molecule has 1 unspecified atom stereocenters. The van der Waals surface area contributed by atoms with Gasteiger partial charge in [-0.05, 0) is 31.2 Å². The Morgan fingerprint density at radius 2 is 1.78 bits per heavy atom. The molecule has 0 aromatic heterocycles. The molecule has 1 aromatic carbocycles. The SMILES string of the molecule is CN1CCN(CCC(O)c2ccc(Br)cc2)CC1. The number of benzene rings is 1. The average Bonchev–Trinajstić information content (AvgIpc) is 2.38. The van der Waals surface area contributed by atoms with Gasteiger partial charge < -0.3 is 14.9 Å². The lowest BCUT2D eigenvalue weighted by Crippen LogP contribution is -2.44. The van der Waals surface area contributed by atoms with E-state index < -0.39 is 0 Å². The maximum absolute atomic E-state index is 10.1. The molecule has 1 N–H and O–H groups in total. The Bertz CT molecular complexity index is 361. The Kier molecular flexibility index (Phi) is 5.18. The fourth-order valence-corrected chi connectivity index (χ4v) is 2.49. The van der Waals surface area contributed by atoms with Crippen molar-refractivity contribution < 1.29 is 5.11 Å². The van der Waals surface area contributed by atoms with Crippen LogP contribution < -0.4 is 0 Å². The molecule has 0 amide bonds. The third kappa shape index (κ3) is 4.05. The molecule has 1 fully saturated rings. The topological polar surface area (TPSA) is 26.7 Å². The van der Waals surface area contributed by atoms with E-state index in [1.165, 1.54) is 0 Å². The maximum Gasteiger partial charge on any atom is 0.0802 e. The normalized spacial score (nSPS) is 19.9. The molecular weight excluding hydrogens is 292 g/mol. The molecule has 1 atom stereocenters. The van der Waals surface area contributed by atoms with Gasteiger partial charge in [-0.15, -0.1) is 0 Å². The summed E-state index contributed by atoms with van der Waals surface area (Å²) in [5, 5.41) is 10.1. The molecule has 1 aliphatic rings. The number of aliphatic hydroxyl groups excluding tert-OH is 1. The van der Waals surface area contributed by atoms with E-state index in [4.69, 9.17) is 0 Å². The zero-order valence-corrected chi connectivity index (χ0v) is 12.4. The number of likely N-dealkylation sites (N-methyl/N-ethyl adjacent to an activating group) is 1. The quantitative estimate of drug-likeness (QED) is 0.922. The highest BCUT2D eigenvalue weighted by Crippen LogP contribution is 2.19. The van der Waals surface area contributed by atoms with E-state index in [-0.39, 0.29) is 6.10 Å². The minimum Gasteiger partial charge on any atom is -0.388 e. The molecule has 0 bridgehead atoms. The Labute approximate surface area is 118 Å². The van der Waals surface area contributed by atoms with Crippen molar-refractivity contribution in [2.24, 2.45) is 0 Å². The second kappa shape index (κ2) is 6.66. The summed E-state index contributed by atoms with van der Waals surface area (Å²) >= 11 is 3.41. The first-order chi connectivity index (χ1) is 8.65. The van der Waals surface area contributed by atoms with E-state index >= 15 is 0 Å². The van der Waals surface area contributed by atoms with Crippen molar-refractivity contribution in [3.05, 3.63) is 34.3 Å². The monoisotopic (exact) mass is 312 g/mol. The summed E-state index contributed by atoms with van der Waals surface area (Å²) < 4.78 is 1.05. The minimum absolute atomic E-state index is 0.349. The van der Waals surface area contributed by atoms with Crippen LogP contribution in [0.3, 0.4) is 0 Å².